The Hall–Kier alpha value is -3.38. The van der Waals surface area contributed by atoms with E-state index in [4.69, 9.17) is 4.74 Å². The monoisotopic (exact) mass is 426 g/mol. The average Bonchev–Trinajstić information content (AvgIpc) is 3.22. The summed E-state index contributed by atoms with van der Waals surface area (Å²) < 4.78 is 5.85. The van der Waals surface area contributed by atoms with Gasteiger partial charge in [-0.3, -0.25) is 9.69 Å². The number of allylic oxidation sites excluding steroid dienone is 4. The third-order valence-electron chi connectivity index (χ3n) is 6.76. The fourth-order valence-electron chi connectivity index (χ4n) is 5.20. The number of carbonyl (C=O) groups excluding carboxylic acids is 1. The Kier molecular flexibility index (Phi) is 4.80. The molecule has 0 spiro atoms. The number of hydrogen-bond acceptors (Lipinski definition) is 4. The first kappa shape index (κ1) is 19.3. The first-order valence-corrected chi connectivity index (χ1v) is 11.3. The third kappa shape index (κ3) is 3.50. The number of aromatic amines is 1. The zero-order chi connectivity index (χ0) is 21.5. The van der Waals surface area contributed by atoms with Crippen LogP contribution in [-0.2, 0) is 16.0 Å². The topological polar surface area (TPSA) is 60.9 Å². The molecule has 6 rings (SSSR count). The van der Waals surface area contributed by atoms with E-state index >= 15 is 0 Å². The van der Waals surface area contributed by atoms with Crippen LogP contribution in [0.5, 0.6) is 0 Å². The minimum atomic E-state index is -0.204. The predicted molar refractivity (Wildman–Crippen MR) is 127 cm³/mol. The number of aromatic nitrogens is 1. The molecule has 1 fully saturated rings. The standard InChI is InChI=1S/C26H26N4O2/c31-25-9-7-18-6-8-21(15-23(18)28-25)32-13-2-1-10-29-11-12-30-20(17-29)14-19-16-27-22-4-3-5-24(30)26(19)22/h1-9,15-16,18,20,27H,10-14,17H2/b2-1+. The Balaban J connectivity index is 1.02. The molecule has 6 heteroatoms. The summed E-state index contributed by atoms with van der Waals surface area (Å²) >= 11 is 0. The van der Waals surface area contributed by atoms with Gasteiger partial charge in [0.05, 0.1) is 5.71 Å². The van der Waals surface area contributed by atoms with Crippen molar-refractivity contribution in [3.05, 3.63) is 78.3 Å². The highest BCUT2D eigenvalue weighted by Gasteiger charge is 2.32. The zero-order valence-corrected chi connectivity index (χ0v) is 17.9. The fraction of sp³-hybridized carbons (Fsp3) is 0.308. The van der Waals surface area contributed by atoms with E-state index in [1.807, 2.05) is 24.3 Å². The number of benzene rings is 1. The number of hydrogen-bond donors (Lipinski definition) is 1. The van der Waals surface area contributed by atoms with Gasteiger partial charge in [-0.15, -0.1) is 0 Å². The van der Waals surface area contributed by atoms with Gasteiger partial charge in [0.25, 0.3) is 5.91 Å². The number of ether oxygens (including phenoxy) is 1. The highest BCUT2D eigenvalue weighted by atomic mass is 16.5. The number of dihydropyridines is 1. The summed E-state index contributed by atoms with van der Waals surface area (Å²) in [6, 6.07) is 7.12. The number of H-pyrrole nitrogens is 1. The molecule has 1 aromatic carbocycles. The predicted octanol–water partition coefficient (Wildman–Crippen LogP) is 3.39. The number of nitrogens with one attached hydrogen (secondary N) is 1. The van der Waals surface area contributed by atoms with Crippen LogP contribution in [0.2, 0.25) is 0 Å². The summed E-state index contributed by atoms with van der Waals surface area (Å²) in [7, 11) is 0. The first-order chi connectivity index (χ1) is 15.7. The third-order valence-corrected chi connectivity index (χ3v) is 6.76. The van der Waals surface area contributed by atoms with Gasteiger partial charge in [0.1, 0.15) is 12.4 Å². The summed E-state index contributed by atoms with van der Waals surface area (Å²) in [5.41, 5.74) is 4.83. The largest absolute Gasteiger partial charge is 0.489 e. The molecule has 162 valence electrons. The smallest absolute Gasteiger partial charge is 0.269 e. The van der Waals surface area contributed by atoms with E-state index in [-0.39, 0.29) is 11.8 Å². The van der Waals surface area contributed by atoms with E-state index in [0.29, 0.717) is 12.6 Å². The summed E-state index contributed by atoms with van der Waals surface area (Å²) in [5, 5.41) is 1.41. The molecular weight excluding hydrogens is 400 g/mol. The molecule has 2 unspecified atom stereocenters. The van der Waals surface area contributed by atoms with Gasteiger partial charge < -0.3 is 14.6 Å². The lowest BCUT2D eigenvalue weighted by molar-refractivity contribution is -0.113. The van der Waals surface area contributed by atoms with Crippen LogP contribution in [0.1, 0.15) is 5.56 Å². The van der Waals surface area contributed by atoms with Crippen LogP contribution in [0.25, 0.3) is 10.9 Å². The first-order valence-electron chi connectivity index (χ1n) is 11.3. The van der Waals surface area contributed by atoms with Crippen LogP contribution >= 0.6 is 0 Å². The van der Waals surface area contributed by atoms with Gasteiger partial charge in [0, 0.05) is 73.1 Å². The Bertz CT molecular complexity index is 1220. The summed E-state index contributed by atoms with van der Waals surface area (Å²) in [6.07, 6.45) is 16.8. The summed E-state index contributed by atoms with van der Waals surface area (Å²) in [5.74, 6) is 0.632. The van der Waals surface area contributed by atoms with Gasteiger partial charge in [-0.2, -0.15) is 0 Å². The Morgan fingerprint density at radius 2 is 2.12 bits per heavy atom. The normalized spacial score (nSPS) is 24.5. The van der Waals surface area contributed by atoms with Crippen molar-refractivity contribution in [2.24, 2.45) is 10.9 Å². The van der Waals surface area contributed by atoms with Crippen LogP contribution in [0.3, 0.4) is 0 Å². The van der Waals surface area contributed by atoms with Crippen LogP contribution in [0.4, 0.5) is 5.69 Å². The highest BCUT2D eigenvalue weighted by molar-refractivity contribution is 6.11. The second-order valence-electron chi connectivity index (χ2n) is 8.77. The molecular formula is C26H26N4O2. The van der Waals surface area contributed by atoms with Crippen LogP contribution in [0.15, 0.2) is 77.7 Å². The van der Waals surface area contributed by atoms with E-state index in [0.717, 1.165) is 44.1 Å². The lowest BCUT2D eigenvalue weighted by atomic mass is 9.94. The van der Waals surface area contributed by atoms with E-state index < -0.39 is 0 Å². The Labute approximate surface area is 187 Å². The Morgan fingerprint density at radius 3 is 3.09 bits per heavy atom. The molecule has 1 aromatic heterocycles. The maximum Gasteiger partial charge on any atom is 0.269 e. The maximum absolute atomic E-state index is 11.5. The van der Waals surface area contributed by atoms with Crippen molar-refractivity contribution in [2.75, 3.05) is 37.7 Å². The minimum Gasteiger partial charge on any atom is -0.489 e. The lowest BCUT2D eigenvalue weighted by Gasteiger charge is -2.45. The van der Waals surface area contributed by atoms with Gasteiger partial charge in [0.2, 0.25) is 0 Å². The summed E-state index contributed by atoms with van der Waals surface area (Å²) in [4.78, 5) is 24.1. The number of rotatable bonds is 5. The van der Waals surface area contributed by atoms with Gasteiger partial charge in [0.15, 0.2) is 0 Å². The maximum atomic E-state index is 11.5. The summed E-state index contributed by atoms with van der Waals surface area (Å²) in [6.45, 7) is 4.64. The van der Waals surface area contributed by atoms with Crippen molar-refractivity contribution in [1.82, 2.24) is 9.88 Å². The van der Waals surface area contributed by atoms with Gasteiger partial charge in [-0.1, -0.05) is 30.4 Å². The lowest BCUT2D eigenvalue weighted by Crippen LogP contribution is -2.55. The SMILES string of the molecule is O=C1C=CC2C=CC(OC/C=C/CN3CCN4c5cccc6[nH]cc(c56)CC4C3)=CC2=N1. The van der Waals surface area contributed by atoms with Gasteiger partial charge in [-0.25, -0.2) is 4.99 Å². The molecule has 0 bridgehead atoms. The second-order valence-corrected chi connectivity index (χ2v) is 8.77. The van der Waals surface area contributed by atoms with Crippen molar-refractivity contribution in [3.8, 4) is 0 Å². The molecule has 1 amide bonds. The molecule has 4 heterocycles. The quantitative estimate of drug-likeness (QED) is 0.745. The number of aliphatic imine (C=N–C) groups is 1. The molecule has 1 N–H and O–H groups in total. The van der Waals surface area contributed by atoms with E-state index in [1.165, 1.54) is 28.2 Å². The van der Waals surface area contributed by atoms with Gasteiger partial charge >= 0.3 is 0 Å². The molecule has 4 aliphatic rings. The van der Waals surface area contributed by atoms with Crippen LogP contribution in [-0.4, -0.2) is 60.3 Å². The molecule has 1 saturated heterocycles. The van der Waals surface area contributed by atoms with E-state index in [2.05, 4.69) is 56.3 Å². The van der Waals surface area contributed by atoms with E-state index in [1.54, 1.807) is 0 Å². The number of carbonyl (C=O) groups is 1. The molecule has 0 saturated carbocycles. The van der Waals surface area contributed by atoms with Crippen molar-refractivity contribution >= 4 is 28.2 Å². The van der Waals surface area contributed by atoms with Gasteiger partial charge in [-0.05, 0) is 30.2 Å². The molecule has 3 aliphatic heterocycles. The number of piperazine rings is 1. The molecule has 2 aromatic rings. The zero-order valence-electron chi connectivity index (χ0n) is 17.9. The number of nitrogens with zero attached hydrogens (tertiary/aromatic N) is 3. The van der Waals surface area contributed by atoms with Crippen LogP contribution < -0.4 is 4.90 Å². The Morgan fingerprint density at radius 1 is 1.19 bits per heavy atom. The molecule has 2 atom stereocenters. The van der Waals surface area contributed by atoms with Crippen LogP contribution in [0, 0.1) is 5.92 Å². The minimum absolute atomic E-state index is 0.0865. The molecule has 1 aliphatic carbocycles. The second kappa shape index (κ2) is 7.95. The molecule has 32 heavy (non-hydrogen) atoms. The van der Waals surface area contributed by atoms with Crippen molar-refractivity contribution < 1.29 is 9.53 Å². The van der Waals surface area contributed by atoms with E-state index in [9.17, 15) is 4.79 Å². The molecule has 6 nitrogen and oxygen atoms in total. The molecule has 0 radical (unpaired) electrons. The number of amides is 1. The number of fused-ring (bicyclic) bond motifs is 3. The fourth-order valence-corrected chi connectivity index (χ4v) is 5.20. The van der Waals surface area contributed by atoms with Crippen molar-refractivity contribution in [3.63, 3.8) is 0 Å². The van der Waals surface area contributed by atoms with Crippen molar-refractivity contribution in [2.45, 2.75) is 12.5 Å². The van der Waals surface area contributed by atoms with Crippen molar-refractivity contribution in [1.29, 1.82) is 0 Å². The number of anilines is 1. The average molecular weight is 427 g/mol. The highest BCUT2D eigenvalue weighted by Crippen LogP contribution is 2.37.